The molecule has 11 heteroatoms. The maximum atomic E-state index is 14.0. The number of benzene rings is 2. The zero-order valence-corrected chi connectivity index (χ0v) is 25.6. The molecule has 1 saturated heterocycles. The molecule has 2 amide bonds. The monoisotopic (exact) mass is 596 g/mol. The number of nitrogens with zero attached hydrogens (tertiary/aromatic N) is 3. The molecule has 3 atom stereocenters. The fourth-order valence-electron chi connectivity index (χ4n) is 6.21. The summed E-state index contributed by atoms with van der Waals surface area (Å²) in [6.45, 7) is 7.73. The Morgan fingerprint density at radius 2 is 1.93 bits per heavy atom. The molecule has 0 radical (unpaired) electrons. The summed E-state index contributed by atoms with van der Waals surface area (Å²) in [6, 6.07) is 10.8. The molecule has 0 saturated carbocycles. The summed E-state index contributed by atoms with van der Waals surface area (Å²) in [4.78, 5) is 44.6. The van der Waals surface area contributed by atoms with Crippen LogP contribution in [0.4, 0.5) is 5.69 Å². The van der Waals surface area contributed by atoms with Crippen molar-refractivity contribution in [1.29, 1.82) is 0 Å². The summed E-state index contributed by atoms with van der Waals surface area (Å²) >= 11 is 0. The van der Waals surface area contributed by atoms with Crippen molar-refractivity contribution >= 4 is 23.5 Å². The molecule has 2 aliphatic heterocycles. The minimum absolute atomic E-state index is 0.0371. The van der Waals surface area contributed by atoms with Crippen LogP contribution in [0, 0.1) is 5.92 Å². The van der Waals surface area contributed by atoms with Crippen LogP contribution < -0.4 is 24.8 Å². The molecule has 11 nitrogen and oxygen atoms in total. The Kier molecular flexibility index (Phi) is 10.9. The molecule has 3 N–H and O–H groups in total. The number of anilines is 1. The molecule has 43 heavy (non-hydrogen) atoms. The topological polar surface area (TPSA) is 135 Å². The molecule has 234 valence electrons. The van der Waals surface area contributed by atoms with Gasteiger partial charge in [0.15, 0.2) is 11.5 Å². The number of carbonyl (C=O) groups is 3. The molecule has 1 fully saturated rings. The molecule has 0 aromatic heterocycles. The SMILES string of the molecule is CCCCN(C(=O)CN1C[C@H](c2cc(OC)c3c(c2)OCO3)C(C(=O)O)[C@@H]1CCN(CC)C(C)=O)c1cccc(CN)c1. The zero-order chi connectivity index (χ0) is 31.1. The van der Waals surface area contributed by atoms with E-state index in [1.54, 1.807) is 15.9 Å². The van der Waals surface area contributed by atoms with E-state index in [-0.39, 0.29) is 25.2 Å². The number of fused-ring (bicyclic) bond motifs is 1. The summed E-state index contributed by atoms with van der Waals surface area (Å²) < 4.78 is 16.7. The number of methoxy groups -OCH3 is 1. The van der Waals surface area contributed by atoms with Gasteiger partial charge in [0.05, 0.1) is 19.6 Å². The van der Waals surface area contributed by atoms with Crippen molar-refractivity contribution in [2.45, 2.75) is 58.5 Å². The van der Waals surface area contributed by atoms with E-state index in [4.69, 9.17) is 19.9 Å². The van der Waals surface area contributed by atoms with Crippen LogP contribution in [0.2, 0.25) is 0 Å². The Labute approximate surface area is 253 Å². The van der Waals surface area contributed by atoms with Gasteiger partial charge in [0.25, 0.3) is 0 Å². The van der Waals surface area contributed by atoms with Crippen LogP contribution in [0.5, 0.6) is 17.2 Å². The molecule has 1 unspecified atom stereocenters. The largest absolute Gasteiger partial charge is 0.493 e. The highest BCUT2D eigenvalue weighted by atomic mass is 16.7. The van der Waals surface area contributed by atoms with Gasteiger partial charge in [0, 0.05) is 57.3 Å². The fourth-order valence-corrected chi connectivity index (χ4v) is 6.21. The summed E-state index contributed by atoms with van der Waals surface area (Å²) in [5.41, 5.74) is 8.33. The number of hydrogen-bond donors (Lipinski definition) is 2. The van der Waals surface area contributed by atoms with Crippen LogP contribution in [0.15, 0.2) is 36.4 Å². The second-order valence-corrected chi connectivity index (χ2v) is 11.1. The maximum Gasteiger partial charge on any atom is 0.308 e. The minimum Gasteiger partial charge on any atom is -0.493 e. The van der Waals surface area contributed by atoms with E-state index in [9.17, 15) is 19.5 Å². The highest BCUT2D eigenvalue weighted by Gasteiger charge is 2.47. The third kappa shape index (κ3) is 7.22. The van der Waals surface area contributed by atoms with Crippen molar-refractivity contribution in [3.8, 4) is 17.2 Å². The smallest absolute Gasteiger partial charge is 0.308 e. The van der Waals surface area contributed by atoms with E-state index in [1.807, 2.05) is 42.2 Å². The van der Waals surface area contributed by atoms with Crippen LogP contribution in [0.1, 0.15) is 57.1 Å². The first-order valence-corrected chi connectivity index (χ1v) is 15.0. The number of carboxylic acids is 1. The van der Waals surface area contributed by atoms with E-state index in [0.717, 1.165) is 29.7 Å². The average Bonchev–Trinajstić information content (AvgIpc) is 3.62. The summed E-state index contributed by atoms with van der Waals surface area (Å²) in [5.74, 6) is -0.943. The Morgan fingerprint density at radius 1 is 1.14 bits per heavy atom. The quantitative estimate of drug-likeness (QED) is 0.336. The van der Waals surface area contributed by atoms with E-state index >= 15 is 0 Å². The van der Waals surface area contributed by atoms with E-state index in [1.165, 1.54) is 14.0 Å². The van der Waals surface area contributed by atoms with Gasteiger partial charge >= 0.3 is 5.97 Å². The van der Waals surface area contributed by atoms with Crippen LogP contribution in [-0.2, 0) is 20.9 Å². The Bertz CT molecular complexity index is 1300. The number of hydrogen-bond acceptors (Lipinski definition) is 8. The van der Waals surface area contributed by atoms with E-state index < -0.39 is 23.8 Å². The lowest BCUT2D eigenvalue weighted by Gasteiger charge is -2.31. The second kappa shape index (κ2) is 14.6. The zero-order valence-electron chi connectivity index (χ0n) is 25.6. The molecule has 2 aromatic carbocycles. The number of amides is 2. The number of nitrogens with two attached hydrogens (primary N) is 1. The van der Waals surface area contributed by atoms with Crippen molar-refractivity contribution in [3.63, 3.8) is 0 Å². The number of likely N-dealkylation sites (tertiary alicyclic amines) is 1. The summed E-state index contributed by atoms with van der Waals surface area (Å²) in [5, 5.41) is 10.6. The Balaban J connectivity index is 1.69. The van der Waals surface area contributed by atoms with Crippen LogP contribution in [0.3, 0.4) is 0 Å². The van der Waals surface area contributed by atoms with E-state index in [0.29, 0.717) is 56.4 Å². The molecule has 0 aliphatic carbocycles. The third-order valence-electron chi connectivity index (χ3n) is 8.50. The molecule has 2 aliphatic rings. The molecule has 2 heterocycles. The summed E-state index contributed by atoms with van der Waals surface area (Å²) in [6.07, 6.45) is 2.15. The predicted molar refractivity (Wildman–Crippen MR) is 162 cm³/mol. The number of carboxylic acid groups (broad SMARTS) is 1. The number of aliphatic carboxylic acids is 1. The molecular formula is C32H44N4O7. The highest BCUT2D eigenvalue weighted by molar-refractivity contribution is 5.95. The maximum absolute atomic E-state index is 14.0. The van der Waals surface area contributed by atoms with Gasteiger partial charge in [0.2, 0.25) is 24.4 Å². The molecule has 2 aromatic rings. The highest BCUT2D eigenvalue weighted by Crippen LogP contribution is 2.47. The third-order valence-corrected chi connectivity index (χ3v) is 8.50. The van der Waals surface area contributed by atoms with Gasteiger partial charge in [-0.2, -0.15) is 0 Å². The Hall–Kier alpha value is -3.83. The van der Waals surface area contributed by atoms with Gasteiger partial charge in [0.1, 0.15) is 0 Å². The van der Waals surface area contributed by atoms with Gasteiger partial charge in [-0.15, -0.1) is 0 Å². The van der Waals surface area contributed by atoms with E-state index in [2.05, 4.69) is 6.92 Å². The van der Waals surface area contributed by atoms with Crippen LogP contribution in [0.25, 0.3) is 0 Å². The lowest BCUT2D eigenvalue weighted by molar-refractivity contribution is -0.143. The minimum atomic E-state index is -0.953. The lowest BCUT2D eigenvalue weighted by Crippen LogP contribution is -2.46. The van der Waals surface area contributed by atoms with Crippen molar-refractivity contribution in [3.05, 3.63) is 47.5 Å². The molecular weight excluding hydrogens is 552 g/mol. The molecule has 0 bridgehead atoms. The number of ether oxygens (including phenoxy) is 3. The molecule has 0 spiro atoms. The van der Waals surface area contributed by atoms with Crippen LogP contribution >= 0.6 is 0 Å². The summed E-state index contributed by atoms with van der Waals surface area (Å²) in [7, 11) is 1.53. The first-order chi connectivity index (χ1) is 20.7. The van der Waals surface area contributed by atoms with Crippen LogP contribution in [-0.4, -0.2) is 85.4 Å². The first kappa shape index (κ1) is 32.1. The van der Waals surface area contributed by atoms with Crippen molar-refractivity contribution in [2.24, 2.45) is 11.7 Å². The number of carbonyl (C=O) groups excluding carboxylic acids is 2. The van der Waals surface area contributed by atoms with Gasteiger partial charge in [-0.25, -0.2) is 0 Å². The Morgan fingerprint density at radius 3 is 2.58 bits per heavy atom. The molecule has 4 rings (SSSR count). The number of rotatable bonds is 14. The fraction of sp³-hybridized carbons (Fsp3) is 0.531. The van der Waals surface area contributed by atoms with Gasteiger partial charge in [-0.1, -0.05) is 25.5 Å². The first-order valence-electron chi connectivity index (χ1n) is 15.0. The number of unbranched alkanes of at least 4 members (excludes halogenated alkanes) is 1. The standard InChI is InChI=1S/C32H44N4O7/c1-5-7-12-36(24-10-8-9-22(14-24)17-33)29(38)19-35-18-25(23-15-27(41-4)31-28(16-23)42-20-43-31)30(32(39)40)26(35)11-13-34(6-2)21(3)37/h8-10,14-16,25-26,30H,5-7,11-13,17-20,33H2,1-4H3,(H,39,40)/t25-,26+,30?/m1/s1. The van der Waals surface area contributed by atoms with Gasteiger partial charge in [-0.05, 0) is 55.2 Å². The van der Waals surface area contributed by atoms with Crippen molar-refractivity contribution < 1.29 is 33.7 Å². The van der Waals surface area contributed by atoms with Crippen molar-refractivity contribution in [1.82, 2.24) is 9.80 Å². The van der Waals surface area contributed by atoms with Gasteiger partial charge < -0.3 is 34.9 Å². The van der Waals surface area contributed by atoms with Gasteiger partial charge in [-0.3, -0.25) is 19.3 Å². The predicted octanol–water partition coefficient (Wildman–Crippen LogP) is 3.44. The second-order valence-electron chi connectivity index (χ2n) is 11.1. The lowest BCUT2D eigenvalue weighted by atomic mass is 9.84. The average molecular weight is 597 g/mol. The van der Waals surface area contributed by atoms with Crippen molar-refractivity contribution in [2.75, 3.05) is 51.5 Å². The normalized spacial score (nSPS) is 19.3.